The lowest BCUT2D eigenvalue weighted by Crippen LogP contribution is -2.29. The summed E-state index contributed by atoms with van der Waals surface area (Å²) in [7, 11) is 0. The van der Waals surface area contributed by atoms with Gasteiger partial charge in [0.05, 0.1) is 12.2 Å². The van der Waals surface area contributed by atoms with Crippen LogP contribution in [0.25, 0.3) is 0 Å². The van der Waals surface area contributed by atoms with Gasteiger partial charge in [-0.3, -0.25) is 4.79 Å². The summed E-state index contributed by atoms with van der Waals surface area (Å²) in [6.07, 6.45) is 3.60. The number of rotatable bonds is 3. The molecule has 2 aromatic rings. The number of carbonyl (C=O) groups is 1. The third kappa shape index (κ3) is 3.00. The minimum Gasteiger partial charge on any atom is -0.317 e. The van der Waals surface area contributed by atoms with Crippen molar-refractivity contribution >= 4 is 5.78 Å². The Morgan fingerprint density at radius 1 is 1.33 bits per heavy atom. The third-order valence-electron chi connectivity index (χ3n) is 3.73. The van der Waals surface area contributed by atoms with E-state index in [-0.39, 0.29) is 17.5 Å². The number of nitrogens with zero attached hydrogens (tertiary/aromatic N) is 3. The number of ketones is 1. The van der Waals surface area contributed by atoms with E-state index in [4.69, 9.17) is 0 Å². The van der Waals surface area contributed by atoms with Crippen LogP contribution in [0.15, 0.2) is 24.4 Å². The molecule has 0 aliphatic carbocycles. The van der Waals surface area contributed by atoms with Gasteiger partial charge >= 0.3 is 0 Å². The molecule has 1 aromatic carbocycles. The molecular weight excluding hydrogens is 271 g/mol. The molecule has 1 N–H and O–H groups in total. The molecule has 0 radical (unpaired) electrons. The SMILES string of the molecule is Cc1cc(F)cc(C(=O)c2cn(C3CCNCC3)nn2)c1. The van der Waals surface area contributed by atoms with Crippen molar-refractivity contribution < 1.29 is 9.18 Å². The molecule has 110 valence electrons. The molecule has 0 saturated carbocycles. The molecule has 3 rings (SSSR count). The minimum absolute atomic E-state index is 0.263. The quantitative estimate of drug-likeness (QED) is 0.876. The van der Waals surface area contributed by atoms with Gasteiger partial charge < -0.3 is 5.32 Å². The number of benzene rings is 1. The largest absolute Gasteiger partial charge is 0.317 e. The number of aryl methyl sites for hydroxylation is 1. The number of hydrogen-bond acceptors (Lipinski definition) is 4. The fourth-order valence-corrected chi connectivity index (χ4v) is 2.65. The Morgan fingerprint density at radius 2 is 2.10 bits per heavy atom. The topological polar surface area (TPSA) is 59.8 Å². The fraction of sp³-hybridized carbons (Fsp3) is 0.400. The number of piperidine rings is 1. The highest BCUT2D eigenvalue weighted by Gasteiger charge is 2.19. The Balaban J connectivity index is 1.83. The molecule has 1 aliphatic heterocycles. The Hall–Kier alpha value is -2.08. The highest BCUT2D eigenvalue weighted by atomic mass is 19.1. The molecule has 1 saturated heterocycles. The predicted octanol–water partition coefficient (Wildman–Crippen LogP) is 1.88. The third-order valence-corrected chi connectivity index (χ3v) is 3.73. The van der Waals surface area contributed by atoms with Gasteiger partial charge in [0, 0.05) is 5.56 Å². The van der Waals surface area contributed by atoms with E-state index >= 15 is 0 Å². The monoisotopic (exact) mass is 288 g/mol. The lowest BCUT2D eigenvalue weighted by Gasteiger charge is -2.22. The lowest BCUT2D eigenvalue weighted by atomic mass is 10.1. The first-order chi connectivity index (χ1) is 10.1. The van der Waals surface area contributed by atoms with E-state index in [0.29, 0.717) is 11.1 Å². The maximum atomic E-state index is 13.4. The summed E-state index contributed by atoms with van der Waals surface area (Å²) in [6, 6.07) is 4.56. The number of hydrogen-bond donors (Lipinski definition) is 1. The zero-order valence-electron chi connectivity index (χ0n) is 11.8. The molecule has 0 amide bonds. The second-order valence-corrected chi connectivity index (χ2v) is 5.41. The van der Waals surface area contributed by atoms with Crippen LogP contribution in [0.3, 0.4) is 0 Å². The summed E-state index contributed by atoms with van der Waals surface area (Å²) in [5.74, 6) is -0.707. The second-order valence-electron chi connectivity index (χ2n) is 5.41. The maximum Gasteiger partial charge on any atom is 0.215 e. The van der Waals surface area contributed by atoms with Crippen LogP contribution in [0.5, 0.6) is 0 Å². The summed E-state index contributed by atoms with van der Waals surface area (Å²) >= 11 is 0. The van der Waals surface area contributed by atoms with Gasteiger partial charge in [-0.05, 0) is 56.6 Å². The van der Waals surface area contributed by atoms with Crippen LogP contribution >= 0.6 is 0 Å². The summed E-state index contributed by atoms with van der Waals surface area (Å²) in [5, 5.41) is 11.3. The number of aromatic nitrogens is 3. The van der Waals surface area contributed by atoms with Gasteiger partial charge in [0.25, 0.3) is 0 Å². The molecule has 1 aromatic heterocycles. The average molecular weight is 288 g/mol. The Labute approximate surface area is 122 Å². The van der Waals surface area contributed by atoms with Crippen LogP contribution < -0.4 is 5.32 Å². The number of carbonyl (C=O) groups excluding carboxylic acids is 1. The first-order valence-corrected chi connectivity index (χ1v) is 7.08. The highest BCUT2D eigenvalue weighted by molar-refractivity contribution is 6.07. The molecule has 1 fully saturated rings. The normalized spacial score (nSPS) is 16.1. The Morgan fingerprint density at radius 3 is 2.81 bits per heavy atom. The summed E-state index contributed by atoms with van der Waals surface area (Å²) < 4.78 is 15.1. The van der Waals surface area contributed by atoms with E-state index in [2.05, 4.69) is 15.6 Å². The van der Waals surface area contributed by atoms with Gasteiger partial charge in [-0.1, -0.05) is 5.21 Å². The van der Waals surface area contributed by atoms with Crippen molar-refractivity contribution in [2.75, 3.05) is 13.1 Å². The van der Waals surface area contributed by atoms with Crippen LogP contribution in [0.1, 0.15) is 40.5 Å². The number of nitrogens with one attached hydrogen (secondary N) is 1. The zero-order valence-corrected chi connectivity index (χ0v) is 11.8. The van der Waals surface area contributed by atoms with Crippen LogP contribution in [-0.2, 0) is 0 Å². The molecule has 0 unspecified atom stereocenters. The van der Waals surface area contributed by atoms with Gasteiger partial charge in [0.2, 0.25) is 5.78 Å². The number of halogens is 1. The molecule has 2 heterocycles. The fourth-order valence-electron chi connectivity index (χ4n) is 2.65. The van der Waals surface area contributed by atoms with E-state index in [0.717, 1.165) is 25.9 Å². The minimum atomic E-state index is -0.413. The van der Waals surface area contributed by atoms with Crippen molar-refractivity contribution in [1.82, 2.24) is 20.3 Å². The smallest absolute Gasteiger partial charge is 0.215 e. The Kier molecular flexibility index (Phi) is 3.79. The molecule has 6 heteroatoms. The Bertz CT molecular complexity index is 641. The predicted molar refractivity (Wildman–Crippen MR) is 75.7 cm³/mol. The maximum absolute atomic E-state index is 13.4. The van der Waals surface area contributed by atoms with Crippen molar-refractivity contribution in [3.8, 4) is 0 Å². The van der Waals surface area contributed by atoms with Crippen molar-refractivity contribution in [2.45, 2.75) is 25.8 Å². The zero-order chi connectivity index (χ0) is 14.8. The summed E-state index contributed by atoms with van der Waals surface area (Å²) in [4.78, 5) is 12.4. The van der Waals surface area contributed by atoms with Crippen molar-refractivity contribution in [2.24, 2.45) is 0 Å². The van der Waals surface area contributed by atoms with Gasteiger partial charge in [-0.25, -0.2) is 9.07 Å². The molecular formula is C15H17FN4O. The molecule has 0 spiro atoms. The van der Waals surface area contributed by atoms with E-state index in [1.807, 2.05) is 0 Å². The van der Waals surface area contributed by atoms with E-state index < -0.39 is 5.82 Å². The van der Waals surface area contributed by atoms with E-state index in [1.54, 1.807) is 23.9 Å². The van der Waals surface area contributed by atoms with Crippen molar-refractivity contribution in [1.29, 1.82) is 0 Å². The summed E-state index contributed by atoms with van der Waals surface area (Å²) in [5.41, 5.74) is 1.28. The average Bonchev–Trinajstić information content (AvgIpc) is 2.96. The van der Waals surface area contributed by atoms with E-state index in [1.165, 1.54) is 12.1 Å². The molecule has 1 aliphatic rings. The molecule has 0 bridgehead atoms. The van der Waals surface area contributed by atoms with Crippen LogP contribution in [0.4, 0.5) is 4.39 Å². The van der Waals surface area contributed by atoms with Crippen molar-refractivity contribution in [3.05, 3.63) is 47.0 Å². The van der Waals surface area contributed by atoms with Gasteiger partial charge in [0.15, 0.2) is 5.69 Å². The second kappa shape index (κ2) is 5.73. The summed E-state index contributed by atoms with van der Waals surface area (Å²) in [6.45, 7) is 3.64. The molecule has 21 heavy (non-hydrogen) atoms. The van der Waals surface area contributed by atoms with Crippen molar-refractivity contribution in [3.63, 3.8) is 0 Å². The van der Waals surface area contributed by atoms with Gasteiger partial charge in [0.1, 0.15) is 5.82 Å². The lowest BCUT2D eigenvalue weighted by molar-refractivity contribution is 0.103. The van der Waals surface area contributed by atoms with Crippen LogP contribution in [0, 0.1) is 12.7 Å². The van der Waals surface area contributed by atoms with Gasteiger partial charge in [-0.2, -0.15) is 0 Å². The van der Waals surface area contributed by atoms with Gasteiger partial charge in [-0.15, -0.1) is 5.10 Å². The first kappa shape index (κ1) is 13.9. The standard InChI is InChI=1S/C15H17FN4O/c1-10-6-11(8-12(16)7-10)15(21)14-9-20(19-18-14)13-2-4-17-5-3-13/h6-9,13,17H,2-5H2,1H3. The highest BCUT2D eigenvalue weighted by Crippen LogP contribution is 2.18. The molecule has 0 atom stereocenters. The molecule has 5 nitrogen and oxygen atoms in total. The first-order valence-electron chi connectivity index (χ1n) is 7.08. The van der Waals surface area contributed by atoms with Crippen LogP contribution in [-0.4, -0.2) is 33.9 Å². The van der Waals surface area contributed by atoms with Crippen LogP contribution in [0.2, 0.25) is 0 Å². The van der Waals surface area contributed by atoms with E-state index in [9.17, 15) is 9.18 Å².